The number of hydrogen-bond donors (Lipinski definition) is 1. The molecular weight excluding hydrogens is 631 g/mol. The number of allylic oxidation sites excluding steroid dienone is 4. The third kappa shape index (κ3) is 3.98. The number of Topliss-reactive ketones (excluding diaryl/α,β-unsaturated/α-hetero) is 1. The summed E-state index contributed by atoms with van der Waals surface area (Å²) in [7, 11) is 0. The van der Waals surface area contributed by atoms with Gasteiger partial charge in [-0.2, -0.15) is 0 Å². The maximum absolute atomic E-state index is 15.5. The third-order valence-corrected chi connectivity index (χ3v) is 17.6. The molecule has 0 radical (unpaired) electrons. The maximum atomic E-state index is 15.5. The lowest BCUT2D eigenvalue weighted by molar-refractivity contribution is -0.164. The number of ketones is 1. The first-order chi connectivity index (χ1) is 24.4. The number of hydrogen-bond acceptors (Lipinski definition) is 4. The van der Waals surface area contributed by atoms with Crippen LogP contribution in [-0.4, -0.2) is 46.7 Å². The largest absolute Gasteiger partial charge is 0.440 e. The number of benzene rings is 2. The summed E-state index contributed by atoms with van der Waals surface area (Å²) in [6, 6.07) is 18.4. The second-order valence-corrected chi connectivity index (χ2v) is 19.5. The second kappa shape index (κ2) is 10.5. The number of fused-ring (bicyclic) bond motifs is 4. The van der Waals surface area contributed by atoms with Crippen molar-refractivity contribution in [2.45, 2.75) is 104 Å². The minimum Gasteiger partial charge on any atom is -0.440 e. The van der Waals surface area contributed by atoms with Gasteiger partial charge in [0, 0.05) is 33.9 Å². The third-order valence-electron chi connectivity index (χ3n) is 17.6. The van der Waals surface area contributed by atoms with E-state index in [1.807, 2.05) is 36.4 Å². The zero-order valence-corrected chi connectivity index (χ0v) is 31.0. The molecule has 1 aliphatic heterocycles. The molecule has 4 bridgehead atoms. The van der Waals surface area contributed by atoms with Crippen molar-refractivity contribution >= 4 is 11.9 Å². The fourth-order valence-electron chi connectivity index (χ4n) is 14.7. The highest BCUT2D eigenvalue weighted by atomic mass is 16.6. The Labute approximate surface area is 303 Å². The normalized spacial score (nSPS) is 45.4. The molecule has 0 unspecified atom stereocenters. The zero-order chi connectivity index (χ0) is 35.2. The van der Waals surface area contributed by atoms with Crippen LogP contribution in [0.4, 0.5) is 4.79 Å². The van der Waals surface area contributed by atoms with Crippen LogP contribution in [-0.2, 0) is 4.74 Å². The molecule has 1 heterocycles. The summed E-state index contributed by atoms with van der Waals surface area (Å²) < 4.78 is 6.75. The average molecular weight is 686 g/mol. The fraction of sp³-hybridized carbons (Fsp3) is 0.609. The molecule has 2 aromatic rings. The van der Waals surface area contributed by atoms with Crippen LogP contribution in [0, 0.1) is 56.7 Å². The topological polar surface area (TPSA) is 66.8 Å². The van der Waals surface area contributed by atoms with Gasteiger partial charge in [-0.25, -0.2) is 4.79 Å². The second-order valence-electron chi connectivity index (χ2n) is 19.5. The molecule has 5 nitrogen and oxygen atoms in total. The van der Waals surface area contributed by atoms with Crippen LogP contribution in [0.2, 0.25) is 0 Å². The fourth-order valence-corrected chi connectivity index (χ4v) is 14.7. The number of nitrogens with zero attached hydrogens (tertiary/aromatic N) is 1. The highest BCUT2D eigenvalue weighted by Gasteiger charge is 2.76. The van der Waals surface area contributed by atoms with E-state index >= 15 is 4.79 Å². The number of carbonyl (C=O) groups is 2. The van der Waals surface area contributed by atoms with E-state index in [0.29, 0.717) is 30.2 Å². The first kappa shape index (κ1) is 32.5. The van der Waals surface area contributed by atoms with Gasteiger partial charge in [-0.1, -0.05) is 101 Å². The average Bonchev–Trinajstić information content (AvgIpc) is 3.61. The predicted octanol–water partition coefficient (Wildman–Crippen LogP) is 9.66. The highest BCUT2D eigenvalue weighted by molar-refractivity contribution is 6.14. The summed E-state index contributed by atoms with van der Waals surface area (Å²) in [5.74, 6) is 2.68. The Morgan fingerprint density at radius 1 is 0.863 bits per heavy atom. The minimum atomic E-state index is -0.541. The van der Waals surface area contributed by atoms with Crippen LogP contribution < -0.4 is 0 Å². The summed E-state index contributed by atoms with van der Waals surface area (Å²) in [4.78, 5) is 31.5. The Morgan fingerprint density at radius 3 is 2.37 bits per heavy atom. The number of carbonyl (C=O) groups excluding carboxylic acids is 2. The van der Waals surface area contributed by atoms with Crippen LogP contribution in [0.15, 0.2) is 78.4 Å². The molecule has 5 heteroatoms. The first-order valence-corrected chi connectivity index (χ1v) is 20.2. The SMILES string of the molecule is CC1(C)[C@H]2CC[C@@H](CN3C[C@@]4(CC[C@H]5[C@]67C=C[C@@]8(C=C6C(=O)c6ccccc6-c6ccccc6)C[C@@H](O)CC[C@]8(C)[C@H]7CC[C@@]54C)OC3=O)[C@@H]1C2. The van der Waals surface area contributed by atoms with Gasteiger partial charge in [0.1, 0.15) is 5.60 Å². The van der Waals surface area contributed by atoms with Crippen molar-refractivity contribution in [3.63, 3.8) is 0 Å². The molecule has 11 atom stereocenters. The van der Waals surface area contributed by atoms with E-state index in [4.69, 9.17) is 4.74 Å². The van der Waals surface area contributed by atoms with Crippen LogP contribution >= 0.6 is 0 Å². The smallest absolute Gasteiger partial charge is 0.410 e. The molecule has 7 fully saturated rings. The van der Waals surface area contributed by atoms with Crippen molar-refractivity contribution in [3.8, 4) is 11.1 Å². The number of aliphatic hydroxyl groups is 1. The van der Waals surface area contributed by atoms with Gasteiger partial charge in [0.05, 0.1) is 12.6 Å². The summed E-state index contributed by atoms with van der Waals surface area (Å²) >= 11 is 0. The van der Waals surface area contributed by atoms with E-state index in [-0.39, 0.29) is 46.1 Å². The Kier molecular flexibility index (Phi) is 6.68. The van der Waals surface area contributed by atoms with Gasteiger partial charge in [-0.05, 0) is 116 Å². The summed E-state index contributed by atoms with van der Waals surface area (Å²) in [5.41, 5.74) is 2.44. The highest BCUT2D eigenvalue weighted by Crippen LogP contribution is 2.79. The molecule has 12 rings (SSSR count). The van der Waals surface area contributed by atoms with Gasteiger partial charge >= 0.3 is 6.09 Å². The van der Waals surface area contributed by atoms with Crippen molar-refractivity contribution in [2.24, 2.45) is 56.7 Å². The minimum absolute atomic E-state index is 0.0480. The maximum Gasteiger partial charge on any atom is 0.410 e. The van der Waals surface area contributed by atoms with Gasteiger partial charge in [-0.3, -0.25) is 4.79 Å². The molecule has 1 saturated heterocycles. The molecule has 10 aliphatic rings. The van der Waals surface area contributed by atoms with Gasteiger partial charge in [0.2, 0.25) is 0 Å². The van der Waals surface area contributed by atoms with Crippen molar-refractivity contribution in [1.29, 1.82) is 0 Å². The lowest BCUT2D eigenvalue weighted by atomic mass is 9.32. The van der Waals surface area contributed by atoms with Crippen LogP contribution in [0.5, 0.6) is 0 Å². The summed E-state index contributed by atoms with van der Waals surface area (Å²) in [5, 5.41) is 11.1. The van der Waals surface area contributed by atoms with E-state index in [2.05, 4.69) is 69.0 Å². The monoisotopic (exact) mass is 685 g/mol. The Bertz CT molecular complexity index is 1880. The number of aliphatic hydroxyl groups excluding tert-OH is 1. The van der Waals surface area contributed by atoms with Gasteiger partial charge in [0.15, 0.2) is 5.78 Å². The predicted molar refractivity (Wildman–Crippen MR) is 199 cm³/mol. The standard InChI is InChI=1S/C46H55NO4/c1-41(2)31-15-14-30(35(41)24-31)27-47-28-45(51-40(47)50)21-18-38-43(45,4)20-17-37-42(3)19-16-32(48)25-44(42)22-23-46(37,38)36(26-44)39(49)34-13-9-8-12-33(34)29-10-6-5-7-11-29/h5-13,22-23,26,30-32,35,37-38,48H,14-21,24-25,27-28H2,1-4H3/t30-,31-,32-,35-,37+,38+,42+,43-,44-,45+,46+/m0/s1. The lowest BCUT2D eigenvalue weighted by Gasteiger charge is -2.71. The Morgan fingerprint density at radius 2 is 1.59 bits per heavy atom. The van der Waals surface area contributed by atoms with E-state index in [9.17, 15) is 9.90 Å². The van der Waals surface area contributed by atoms with Crippen molar-refractivity contribution in [2.75, 3.05) is 13.1 Å². The van der Waals surface area contributed by atoms with E-state index < -0.39 is 11.0 Å². The first-order valence-electron chi connectivity index (χ1n) is 20.2. The Balaban J connectivity index is 1.05. The van der Waals surface area contributed by atoms with Crippen LogP contribution in [0.25, 0.3) is 11.1 Å². The molecular formula is C46H55NO4. The molecule has 3 spiro atoms. The molecule has 0 aromatic heterocycles. The number of amides is 1. The Hall–Kier alpha value is -3.18. The molecule has 268 valence electrons. The molecule has 9 aliphatic carbocycles. The van der Waals surface area contributed by atoms with Gasteiger partial charge < -0.3 is 14.7 Å². The van der Waals surface area contributed by atoms with E-state index in [0.717, 1.165) is 73.3 Å². The molecule has 1 N–H and O–H groups in total. The van der Waals surface area contributed by atoms with Gasteiger partial charge in [0.25, 0.3) is 0 Å². The summed E-state index contributed by atoms with van der Waals surface area (Å²) in [6.07, 6.45) is 16.8. The number of ether oxygens (including phenoxy) is 1. The van der Waals surface area contributed by atoms with E-state index in [1.54, 1.807) is 0 Å². The van der Waals surface area contributed by atoms with Crippen LogP contribution in [0.1, 0.15) is 102 Å². The lowest BCUT2D eigenvalue weighted by Crippen LogP contribution is -2.67. The molecule has 1 amide bonds. The molecule has 51 heavy (non-hydrogen) atoms. The van der Waals surface area contributed by atoms with Gasteiger partial charge in [-0.15, -0.1) is 0 Å². The van der Waals surface area contributed by atoms with Crippen molar-refractivity contribution < 1.29 is 19.4 Å². The molecule has 2 aromatic carbocycles. The van der Waals surface area contributed by atoms with Crippen molar-refractivity contribution in [1.82, 2.24) is 4.90 Å². The van der Waals surface area contributed by atoms with Crippen LogP contribution in [0.3, 0.4) is 0 Å². The quantitative estimate of drug-likeness (QED) is 0.252. The number of rotatable bonds is 5. The summed E-state index contributed by atoms with van der Waals surface area (Å²) in [6.45, 7) is 11.3. The van der Waals surface area contributed by atoms with Crippen molar-refractivity contribution in [3.05, 3.63) is 84.0 Å². The molecule has 6 saturated carbocycles. The van der Waals surface area contributed by atoms with E-state index in [1.165, 1.54) is 19.3 Å². The zero-order valence-electron chi connectivity index (χ0n) is 31.0.